The Bertz CT molecular complexity index is 6780. The van der Waals surface area contributed by atoms with Gasteiger partial charge in [-0.05, 0) is 129 Å². The molecule has 15 aromatic rings. The SMILES string of the molecule is CCc1nccc(-c2c(-c3cccc(NS(=O)(=O)c4c(Cl)ccc(C)c4Cl)c3F)nc3cc(OC)ccn23)n1.CNc1nccc(-c2sc(-c3cnc(C)nc3)nc2-c2cccc(NS(=O)(=O)c3c(Cl)cccc3Cl)c2F)n1.COc1ccn2c(-c3ccnc(CCCO)n3)c(-c3cccc(NS(=O)(=O)c4c(Cl)ccc(C)c4Cl)c3F)nc2c1. The molecular weight excluding hydrogens is 1740 g/mol. The number of sulfonamides is 3. The molecule has 9 aromatic heterocycles. The van der Waals surface area contributed by atoms with Crippen molar-refractivity contribution in [2.24, 2.45) is 0 Å². The molecule has 0 atom stereocenters. The minimum atomic E-state index is -4.37. The molecule has 119 heavy (non-hydrogen) atoms. The molecule has 610 valence electrons. The third-order valence-electron chi connectivity index (χ3n) is 17.9. The van der Waals surface area contributed by atoms with Crippen LogP contribution in [0, 0.1) is 38.2 Å². The first-order valence-corrected chi connectivity index (χ1v) is 43.0. The molecule has 0 saturated heterocycles. The van der Waals surface area contributed by atoms with Gasteiger partial charge in [-0.2, -0.15) is 0 Å². The molecule has 5 N–H and O–H groups in total. The topological polar surface area (TPSA) is 340 Å². The Hall–Kier alpha value is -11.2. The summed E-state index contributed by atoms with van der Waals surface area (Å²) in [6.45, 7) is 6.97. The van der Waals surface area contributed by atoms with Crippen molar-refractivity contribution in [3.8, 4) is 89.2 Å². The average Bonchev–Trinajstić information content (AvgIpc) is 1.64. The van der Waals surface area contributed by atoms with Crippen molar-refractivity contribution in [2.75, 3.05) is 47.4 Å². The van der Waals surface area contributed by atoms with Gasteiger partial charge in [-0.3, -0.25) is 23.0 Å². The van der Waals surface area contributed by atoms with E-state index in [0.29, 0.717) is 121 Å². The van der Waals surface area contributed by atoms with E-state index in [1.807, 2.05) is 6.92 Å². The second-order valence-electron chi connectivity index (χ2n) is 25.7. The number of anilines is 4. The number of methoxy groups -OCH3 is 2. The highest BCUT2D eigenvalue weighted by Crippen LogP contribution is 2.45. The van der Waals surface area contributed by atoms with Gasteiger partial charge in [-0.1, -0.05) is 113 Å². The standard InChI is InChI=1S/C28H24Cl2FN5O4S.C27H22Cl2FN5O3S.C25H18Cl2FN7O2S2/c1-16-8-9-19(29)28(24(16)30)41(38,39)35-20-6-3-5-18(25(20)31)26-27(21-10-12-32-22(33-21)7-4-14-37)36-13-11-17(40-2)15-23(36)34-26;1-4-21-31-12-10-20(32-21)26-25(33-22-14-16(38-3)11-13-35(22)26)17-6-5-7-19(24(17)30)34-39(36,37)27-18(28)9-8-15(2)23(27)29;1-13-31-11-14(12-32-13)24-34-21(22(38-24)19-9-10-30-25(29-2)33-19)15-5-3-8-18(20(15)28)35-39(36,37)23-16(26)6-4-7-17(23)27/h3,5-6,8-13,15,35,37H,4,7,14H2,1-2H3;5-14,34H,4H2,1-3H3;3-12,35H,1-2H3,(H,29,30,33). The Morgan fingerprint density at radius 1 is 0.487 bits per heavy atom. The molecule has 0 aliphatic carbocycles. The number of hydrogen-bond acceptors (Lipinski definition) is 22. The quantitative estimate of drug-likeness (QED) is 0.0397. The number of nitrogens with zero attached hydrogens (tertiary/aromatic N) is 13. The molecule has 0 aliphatic rings. The Kier molecular flexibility index (Phi) is 26.0. The van der Waals surface area contributed by atoms with E-state index in [0.717, 1.165) is 0 Å². The fraction of sp³-hybridized carbons (Fsp3) is 0.138. The molecule has 39 heteroatoms. The van der Waals surface area contributed by atoms with Gasteiger partial charge in [0, 0.05) is 104 Å². The van der Waals surface area contributed by atoms with Gasteiger partial charge in [-0.15, -0.1) is 11.3 Å². The maximum absolute atomic E-state index is 16.2. The predicted octanol–water partition coefficient (Wildman–Crippen LogP) is 18.9. The molecule has 0 fully saturated rings. The van der Waals surface area contributed by atoms with Crippen LogP contribution in [0.2, 0.25) is 30.1 Å². The van der Waals surface area contributed by atoms with E-state index in [1.165, 1.54) is 110 Å². The minimum absolute atomic E-state index is 0.0128. The van der Waals surface area contributed by atoms with E-state index in [-0.39, 0.29) is 102 Å². The molecule has 0 saturated carbocycles. The van der Waals surface area contributed by atoms with Crippen molar-refractivity contribution in [3.05, 3.63) is 259 Å². The highest BCUT2D eigenvalue weighted by molar-refractivity contribution is 7.93. The Morgan fingerprint density at radius 2 is 0.916 bits per heavy atom. The van der Waals surface area contributed by atoms with Crippen molar-refractivity contribution < 1.29 is 53.0 Å². The molecule has 0 spiro atoms. The van der Waals surface area contributed by atoms with E-state index in [4.69, 9.17) is 84.1 Å². The Balaban J connectivity index is 0.000000155. The Labute approximate surface area is 713 Å². The number of fused-ring (bicyclic) bond motifs is 2. The van der Waals surface area contributed by atoms with Crippen LogP contribution < -0.4 is 29.0 Å². The summed E-state index contributed by atoms with van der Waals surface area (Å²) >= 11 is 38.3. The summed E-state index contributed by atoms with van der Waals surface area (Å²) in [6.07, 6.45) is 13.0. The van der Waals surface area contributed by atoms with Crippen LogP contribution in [0.4, 0.5) is 36.2 Å². The molecule has 0 unspecified atom stereocenters. The van der Waals surface area contributed by atoms with Crippen LogP contribution in [-0.4, -0.2) is 122 Å². The van der Waals surface area contributed by atoms with Crippen molar-refractivity contribution in [1.29, 1.82) is 0 Å². The van der Waals surface area contributed by atoms with Crippen LogP contribution in [0.15, 0.2) is 198 Å². The lowest BCUT2D eigenvalue weighted by atomic mass is 10.1. The first-order valence-electron chi connectivity index (χ1n) is 35.4. The van der Waals surface area contributed by atoms with Crippen molar-refractivity contribution in [1.82, 2.24) is 63.6 Å². The maximum Gasteiger partial charge on any atom is 0.264 e. The highest BCUT2D eigenvalue weighted by atomic mass is 35.5. The first-order chi connectivity index (χ1) is 57.0. The summed E-state index contributed by atoms with van der Waals surface area (Å²) in [5.74, 6) is 0.642. The minimum Gasteiger partial charge on any atom is -0.497 e. The number of hydrogen-bond donors (Lipinski definition) is 5. The highest BCUT2D eigenvalue weighted by Gasteiger charge is 2.32. The van der Waals surface area contributed by atoms with Gasteiger partial charge in [0.25, 0.3) is 30.1 Å². The third-order valence-corrected chi connectivity index (χ3v) is 26.3. The smallest absolute Gasteiger partial charge is 0.264 e. The Morgan fingerprint density at radius 3 is 1.38 bits per heavy atom. The number of pyridine rings is 2. The van der Waals surface area contributed by atoms with Crippen LogP contribution in [-0.2, 0) is 42.9 Å². The number of rotatable bonds is 23. The van der Waals surface area contributed by atoms with E-state index >= 15 is 13.2 Å². The molecule has 15 rings (SSSR count). The van der Waals surface area contributed by atoms with Gasteiger partial charge >= 0.3 is 0 Å². The fourth-order valence-electron chi connectivity index (χ4n) is 12.1. The summed E-state index contributed by atoms with van der Waals surface area (Å²) in [6, 6.07) is 35.2. The number of aromatic nitrogens is 13. The van der Waals surface area contributed by atoms with Gasteiger partial charge in [0.05, 0.1) is 100 Å². The summed E-state index contributed by atoms with van der Waals surface area (Å²) in [7, 11) is -8.29. The second-order valence-corrected chi connectivity index (χ2v) is 34.0. The number of benzene rings is 6. The molecular formula is C80H64Cl6F3N17O9S4. The van der Waals surface area contributed by atoms with Crippen molar-refractivity contribution in [3.63, 3.8) is 0 Å². The number of imidazole rings is 2. The number of halogens is 9. The van der Waals surface area contributed by atoms with Crippen LogP contribution in [0.3, 0.4) is 0 Å². The van der Waals surface area contributed by atoms with E-state index < -0.39 is 47.5 Å². The number of thiazole rings is 1. The van der Waals surface area contributed by atoms with Crippen molar-refractivity contribution in [2.45, 2.75) is 61.6 Å². The maximum atomic E-state index is 16.2. The van der Waals surface area contributed by atoms with Gasteiger partial charge < -0.3 is 19.9 Å². The summed E-state index contributed by atoms with van der Waals surface area (Å²) in [5, 5.41) is 12.2. The number of nitrogens with one attached hydrogen (secondary N) is 4. The van der Waals surface area contributed by atoms with E-state index in [9.17, 15) is 30.4 Å². The van der Waals surface area contributed by atoms with E-state index in [1.54, 1.807) is 135 Å². The molecule has 0 amide bonds. The molecule has 9 heterocycles. The number of ether oxygens (including phenoxy) is 2. The average molecular weight is 1810 g/mol. The summed E-state index contributed by atoms with van der Waals surface area (Å²) in [4.78, 5) is 48.5. The zero-order chi connectivity index (χ0) is 84.9. The zero-order valence-electron chi connectivity index (χ0n) is 63.2. The third kappa shape index (κ3) is 18.2. The normalized spacial score (nSPS) is 11.6. The lowest BCUT2D eigenvalue weighted by Gasteiger charge is -2.14. The molecule has 0 aliphatic heterocycles. The molecule has 6 aromatic carbocycles. The number of aliphatic hydroxyl groups is 1. The van der Waals surface area contributed by atoms with Crippen LogP contribution >= 0.6 is 80.9 Å². The van der Waals surface area contributed by atoms with Crippen LogP contribution in [0.5, 0.6) is 11.5 Å². The molecule has 0 bridgehead atoms. The largest absolute Gasteiger partial charge is 0.497 e. The van der Waals surface area contributed by atoms with Crippen LogP contribution in [0.1, 0.15) is 41.9 Å². The zero-order valence-corrected chi connectivity index (χ0v) is 71.0. The fourth-order valence-corrected chi connectivity index (χ4v) is 19.9. The van der Waals surface area contributed by atoms with Crippen LogP contribution in [0.25, 0.3) is 89.0 Å². The van der Waals surface area contributed by atoms with Gasteiger partial charge in [0.1, 0.15) is 71.3 Å². The second kappa shape index (κ2) is 36.2. The molecule has 0 radical (unpaired) electrons. The summed E-state index contributed by atoms with van der Waals surface area (Å²) < 4.78 is 149. The molecule has 26 nitrogen and oxygen atoms in total. The number of aryl methyl sites for hydroxylation is 5. The number of aliphatic hydroxyl groups excluding tert-OH is 1. The van der Waals surface area contributed by atoms with Crippen molar-refractivity contribution >= 4 is 145 Å². The predicted molar refractivity (Wildman–Crippen MR) is 456 cm³/mol. The summed E-state index contributed by atoms with van der Waals surface area (Å²) in [5.41, 5.74) is 4.99. The van der Waals surface area contributed by atoms with Gasteiger partial charge in [0.15, 0.2) is 17.5 Å². The van der Waals surface area contributed by atoms with Gasteiger partial charge in [-0.25, -0.2) is 93.2 Å². The van der Waals surface area contributed by atoms with E-state index in [2.05, 4.69) is 69.3 Å². The lowest BCUT2D eigenvalue weighted by molar-refractivity contribution is 0.287. The first kappa shape index (κ1) is 85.7. The lowest BCUT2D eigenvalue weighted by Crippen LogP contribution is -2.15. The van der Waals surface area contributed by atoms with Gasteiger partial charge in [0.2, 0.25) is 5.95 Å². The monoisotopic (exact) mass is 1800 g/mol.